The van der Waals surface area contributed by atoms with Gasteiger partial charge in [-0.2, -0.15) is 0 Å². The van der Waals surface area contributed by atoms with Crippen LogP contribution in [0.5, 0.6) is 0 Å². The van der Waals surface area contributed by atoms with Crippen molar-refractivity contribution in [2.24, 2.45) is 5.92 Å². The van der Waals surface area contributed by atoms with E-state index in [1.165, 1.54) is 4.31 Å². The summed E-state index contributed by atoms with van der Waals surface area (Å²) >= 11 is 0. The van der Waals surface area contributed by atoms with Gasteiger partial charge in [0.25, 0.3) is 0 Å². The van der Waals surface area contributed by atoms with Crippen LogP contribution in [0.2, 0.25) is 0 Å². The van der Waals surface area contributed by atoms with E-state index in [-0.39, 0.29) is 13.1 Å². The van der Waals surface area contributed by atoms with Crippen molar-refractivity contribution in [3.8, 4) is 12.3 Å². The van der Waals surface area contributed by atoms with Crippen LogP contribution in [0.3, 0.4) is 0 Å². The summed E-state index contributed by atoms with van der Waals surface area (Å²) in [6, 6.07) is 0. The highest BCUT2D eigenvalue weighted by molar-refractivity contribution is 7.88. The van der Waals surface area contributed by atoms with E-state index in [2.05, 4.69) is 5.92 Å². The molecular weight excluding hydrogens is 284 g/mol. The molecule has 8 heteroatoms. The lowest BCUT2D eigenvalue weighted by Crippen LogP contribution is -2.47. The highest BCUT2D eigenvalue weighted by atomic mass is 32.2. The molecule has 112 valence electrons. The van der Waals surface area contributed by atoms with Crippen LogP contribution in [0.4, 0.5) is 0 Å². The molecule has 0 aromatic rings. The lowest BCUT2D eigenvalue weighted by Gasteiger charge is -2.32. The standard InChI is InChI=1S/C12H18N2O5S/c1-3-6-13(9-11(15)16)12(17)10-5-4-7-14(8-10)20(2,18)19/h1,10H,4-9H2,2H3,(H,15,16). The zero-order valence-corrected chi connectivity index (χ0v) is 12.1. The molecule has 0 aliphatic carbocycles. The number of aliphatic carboxylic acids is 1. The number of carbonyl (C=O) groups excluding carboxylic acids is 1. The van der Waals surface area contributed by atoms with E-state index in [1.54, 1.807) is 0 Å². The third kappa shape index (κ3) is 4.51. The molecule has 0 radical (unpaired) electrons. The molecule has 1 aliphatic rings. The van der Waals surface area contributed by atoms with Gasteiger partial charge in [0.15, 0.2) is 0 Å². The number of piperidine rings is 1. The van der Waals surface area contributed by atoms with Crippen LogP contribution in [0, 0.1) is 18.3 Å². The number of carboxylic acids is 1. The molecular formula is C12H18N2O5S. The van der Waals surface area contributed by atoms with Crippen molar-refractivity contribution in [1.29, 1.82) is 0 Å². The van der Waals surface area contributed by atoms with Crippen LogP contribution in [0.25, 0.3) is 0 Å². The largest absolute Gasteiger partial charge is 0.480 e. The summed E-state index contributed by atoms with van der Waals surface area (Å²) in [6.07, 6.45) is 7.32. The molecule has 1 amide bonds. The van der Waals surface area contributed by atoms with Crippen LogP contribution < -0.4 is 0 Å². The van der Waals surface area contributed by atoms with E-state index in [0.717, 1.165) is 11.2 Å². The predicted molar refractivity (Wildman–Crippen MR) is 72.2 cm³/mol. The first-order valence-electron chi connectivity index (χ1n) is 6.15. The first-order valence-corrected chi connectivity index (χ1v) is 7.99. The number of terminal acetylenes is 1. The molecule has 1 heterocycles. The number of nitrogens with zero attached hydrogens (tertiary/aromatic N) is 2. The van der Waals surface area contributed by atoms with E-state index in [4.69, 9.17) is 11.5 Å². The summed E-state index contributed by atoms with van der Waals surface area (Å²) in [7, 11) is -3.35. The maximum atomic E-state index is 12.2. The minimum Gasteiger partial charge on any atom is -0.480 e. The summed E-state index contributed by atoms with van der Waals surface area (Å²) in [4.78, 5) is 24.0. The Morgan fingerprint density at radius 1 is 1.50 bits per heavy atom. The summed E-state index contributed by atoms with van der Waals surface area (Å²) in [5.74, 6) is 0.156. The fourth-order valence-electron chi connectivity index (χ4n) is 2.19. The van der Waals surface area contributed by atoms with Crippen LogP contribution in [-0.2, 0) is 19.6 Å². The second kappa shape index (κ2) is 6.72. The molecule has 0 bridgehead atoms. The third-order valence-corrected chi connectivity index (χ3v) is 4.39. The number of carboxylic acid groups (broad SMARTS) is 1. The van der Waals surface area contributed by atoms with Gasteiger partial charge >= 0.3 is 5.97 Å². The van der Waals surface area contributed by atoms with Crippen LogP contribution >= 0.6 is 0 Å². The van der Waals surface area contributed by atoms with Gasteiger partial charge in [-0.25, -0.2) is 12.7 Å². The van der Waals surface area contributed by atoms with E-state index < -0.39 is 34.4 Å². The van der Waals surface area contributed by atoms with Crippen molar-refractivity contribution < 1.29 is 23.1 Å². The first kappa shape index (κ1) is 16.5. The molecule has 1 atom stereocenters. The van der Waals surface area contributed by atoms with Gasteiger partial charge in [0.05, 0.1) is 18.7 Å². The molecule has 1 fully saturated rings. The monoisotopic (exact) mass is 302 g/mol. The lowest BCUT2D eigenvalue weighted by atomic mass is 9.98. The summed E-state index contributed by atoms with van der Waals surface area (Å²) < 4.78 is 24.2. The highest BCUT2D eigenvalue weighted by Crippen LogP contribution is 2.20. The summed E-state index contributed by atoms with van der Waals surface area (Å²) in [5, 5.41) is 8.77. The van der Waals surface area contributed by atoms with Gasteiger partial charge < -0.3 is 10.0 Å². The van der Waals surface area contributed by atoms with Crippen LogP contribution in [-0.4, -0.2) is 67.0 Å². The van der Waals surface area contributed by atoms with E-state index in [9.17, 15) is 18.0 Å². The van der Waals surface area contributed by atoms with Crippen molar-refractivity contribution in [2.75, 3.05) is 32.4 Å². The van der Waals surface area contributed by atoms with Crippen molar-refractivity contribution in [3.05, 3.63) is 0 Å². The van der Waals surface area contributed by atoms with Gasteiger partial charge in [-0.15, -0.1) is 6.42 Å². The average molecular weight is 302 g/mol. The van der Waals surface area contributed by atoms with E-state index in [0.29, 0.717) is 19.4 Å². The minimum atomic E-state index is -3.35. The normalized spacial score (nSPS) is 20.1. The predicted octanol–water partition coefficient (Wildman–Crippen LogP) is -0.796. The zero-order valence-electron chi connectivity index (χ0n) is 11.3. The quantitative estimate of drug-likeness (QED) is 0.671. The van der Waals surface area contributed by atoms with Crippen LogP contribution in [0.1, 0.15) is 12.8 Å². The Morgan fingerprint density at radius 2 is 2.15 bits per heavy atom. The van der Waals surface area contributed by atoms with Gasteiger partial charge in [0.2, 0.25) is 15.9 Å². The highest BCUT2D eigenvalue weighted by Gasteiger charge is 2.32. The van der Waals surface area contributed by atoms with Gasteiger partial charge in [-0.05, 0) is 12.8 Å². The number of hydrogen-bond donors (Lipinski definition) is 1. The Balaban J connectivity index is 2.79. The smallest absolute Gasteiger partial charge is 0.323 e. The molecule has 0 saturated carbocycles. The summed E-state index contributed by atoms with van der Waals surface area (Å²) in [5.41, 5.74) is 0. The Labute approximate surface area is 118 Å². The fraction of sp³-hybridized carbons (Fsp3) is 0.667. The van der Waals surface area contributed by atoms with Crippen molar-refractivity contribution in [2.45, 2.75) is 12.8 Å². The molecule has 0 aromatic heterocycles. The maximum absolute atomic E-state index is 12.2. The molecule has 1 unspecified atom stereocenters. The number of hydrogen-bond acceptors (Lipinski definition) is 4. The molecule has 1 aliphatic heterocycles. The third-order valence-electron chi connectivity index (χ3n) is 3.12. The van der Waals surface area contributed by atoms with Gasteiger partial charge in [-0.1, -0.05) is 5.92 Å². The second-order valence-electron chi connectivity index (χ2n) is 4.75. The van der Waals surface area contributed by atoms with Crippen molar-refractivity contribution in [3.63, 3.8) is 0 Å². The molecule has 0 spiro atoms. The Hall–Kier alpha value is -1.59. The second-order valence-corrected chi connectivity index (χ2v) is 6.73. The number of sulfonamides is 1. The first-order chi connectivity index (χ1) is 9.25. The van der Waals surface area contributed by atoms with Crippen LogP contribution in [0.15, 0.2) is 0 Å². The molecule has 1 rings (SSSR count). The van der Waals surface area contributed by atoms with Gasteiger partial charge in [0.1, 0.15) is 6.54 Å². The Bertz CT molecular complexity index is 522. The van der Waals surface area contributed by atoms with E-state index in [1.807, 2.05) is 0 Å². The van der Waals surface area contributed by atoms with Crippen molar-refractivity contribution >= 4 is 21.9 Å². The lowest BCUT2D eigenvalue weighted by molar-refractivity contribution is -0.146. The topological polar surface area (TPSA) is 95.0 Å². The average Bonchev–Trinajstić information content (AvgIpc) is 2.36. The molecule has 1 saturated heterocycles. The SMILES string of the molecule is C#CCN(CC(=O)O)C(=O)C1CCCN(S(C)(=O)=O)C1. The fourth-order valence-corrected chi connectivity index (χ4v) is 3.10. The molecule has 1 N–H and O–H groups in total. The van der Waals surface area contributed by atoms with Gasteiger partial charge in [-0.3, -0.25) is 9.59 Å². The number of amides is 1. The Kier molecular flexibility index (Phi) is 5.53. The Morgan fingerprint density at radius 3 is 2.65 bits per heavy atom. The number of carbonyl (C=O) groups is 2. The molecule has 7 nitrogen and oxygen atoms in total. The minimum absolute atomic E-state index is 0.0817. The van der Waals surface area contributed by atoms with Crippen molar-refractivity contribution in [1.82, 2.24) is 9.21 Å². The number of rotatable bonds is 5. The zero-order chi connectivity index (χ0) is 15.3. The molecule has 0 aromatic carbocycles. The maximum Gasteiger partial charge on any atom is 0.323 e. The van der Waals surface area contributed by atoms with Gasteiger partial charge in [0, 0.05) is 13.1 Å². The molecule has 20 heavy (non-hydrogen) atoms. The summed E-state index contributed by atoms with van der Waals surface area (Å²) in [6.45, 7) is -0.103. The van der Waals surface area contributed by atoms with E-state index >= 15 is 0 Å².